The summed E-state index contributed by atoms with van der Waals surface area (Å²) in [4.78, 5) is 9.37. The predicted molar refractivity (Wildman–Crippen MR) is 101 cm³/mol. The molecule has 2 rings (SSSR count). The maximum Gasteiger partial charge on any atom is 0.416 e. The highest BCUT2D eigenvalue weighted by molar-refractivity contribution is 14.0. The van der Waals surface area contributed by atoms with Gasteiger partial charge in [0.2, 0.25) is 0 Å². The van der Waals surface area contributed by atoms with Crippen LogP contribution in [0.4, 0.5) is 13.2 Å². The Labute approximate surface area is 159 Å². The molecule has 132 valence electrons. The highest BCUT2D eigenvalue weighted by Crippen LogP contribution is 2.29. The molecule has 1 aromatic carbocycles. The van der Waals surface area contributed by atoms with Crippen LogP contribution in [0.2, 0.25) is 0 Å². The van der Waals surface area contributed by atoms with Crippen LogP contribution in [0, 0.1) is 6.92 Å². The minimum Gasteiger partial charge on any atom is -0.352 e. The highest BCUT2D eigenvalue weighted by Gasteiger charge is 2.29. The molecule has 2 N–H and O–H groups in total. The number of thiazole rings is 1. The topological polar surface area (TPSA) is 49.3 Å². The standard InChI is InChI=1S/C15H17F3N4S.HI/c1-10-13(23-9-22-10)8-21-14(19-2)20-7-11-3-5-12(6-4-11)15(16,17)18;/h3-6,9H,7-8H2,1-2H3,(H2,19,20,21);1H. The van der Waals surface area contributed by atoms with Gasteiger partial charge in [-0.25, -0.2) is 4.98 Å². The number of halogens is 4. The smallest absolute Gasteiger partial charge is 0.352 e. The first-order valence-corrected chi connectivity index (χ1v) is 7.77. The predicted octanol–water partition coefficient (Wildman–Crippen LogP) is 3.95. The van der Waals surface area contributed by atoms with E-state index in [1.165, 1.54) is 12.1 Å². The summed E-state index contributed by atoms with van der Waals surface area (Å²) in [6, 6.07) is 5.06. The first-order chi connectivity index (χ1) is 10.9. The molecule has 0 radical (unpaired) electrons. The lowest BCUT2D eigenvalue weighted by Gasteiger charge is -2.12. The normalized spacial score (nSPS) is 11.8. The summed E-state index contributed by atoms with van der Waals surface area (Å²) in [5.74, 6) is 0.581. The van der Waals surface area contributed by atoms with Crippen molar-refractivity contribution < 1.29 is 13.2 Å². The number of hydrogen-bond donors (Lipinski definition) is 2. The van der Waals surface area contributed by atoms with Gasteiger partial charge in [-0.15, -0.1) is 35.3 Å². The molecule has 0 saturated carbocycles. The summed E-state index contributed by atoms with van der Waals surface area (Å²) in [7, 11) is 1.64. The minimum absolute atomic E-state index is 0. The van der Waals surface area contributed by atoms with Crippen molar-refractivity contribution in [2.75, 3.05) is 7.05 Å². The molecular formula is C15H18F3IN4S. The Morgan fingerprint density at radius 3 is 2.29 bits per heavy atom. The van der Waals surface area contributed by atoms with Gasteiger partial charge >= 0.3 is 6.18 Å². The molecule has 24 heavy (non-hydrogen) atoms. The molecule has 4 nitrogen and oxygen atoms in total. The number of benzene rings is 1. The van der Waals surface area contributed by atoms with Gasteiger partial charge < -0.3 is 10.6 Å². The molecule has 0 saturated heterocycles. The van der Waals surface area contributed by atoms with Crippen LogP contribution < -0.4 is 10.6 Å². The largest absolute Gasteiger partial charge is 0.416 e. The monoisotopic (exact) mass is 470 g/mol. The third kappa shape index (κ3) is 5.93. The minimum atomic E-state index is -4.31. The van der Waals surface area contributed by atoms with E-state index in [-0.39, 0.29) is 24.0 Å². The summed E-state index contributed by atoms with van der Waals surface area (Å²) < 4.78 is 37.5. The quantitative estimate of drug-likeness (QED) is 0.404. The molecule has 0 atom stereocenters. The number of nitrogens with zero attached hydrogens (tertiary/aromatic N) is 2. The summed E-state index contributed by atoms with van der Waals surface area (Å²) in [5.41, 5.74) is 2.85. The summed E-state index contributed by atoms with van der Waals surface area (Å²) in [5, 5.41) is 6.22. The third-order valence-electron chi connectivity index (χ3n) is 3.23. The van der Waals surface area contributed by atoms with Crippen LogP contribution in [0.1, 0.15) is 21.7 Å². The van der Waals surface area contributed by atoms with Gasteiger partial charge in [-0.3, -0.25) is 4.99 Å². The van der Waals surface area contributed by atoms with E-state index in [0.717, 1.165) is 28.3 Å². The maximum absolute atomic E-state index is 12.5. The molecule has 0 bridgehead atoms. The van der Waals surface area contributed by atoms with Crippen molar-refractivity contribution in [2.24, 2.45) is 4.99 Å². The molecule has 2 aromatic rings. The van der Waals surface area contributed by atoms with Gasteiger partial charge in [0, 0.05) is 18.5 Å². The Hall–Kier alpha value is -1.36. The number of aliphatic imine (C=N–C) groups is 1. The molecule has 1 aromatic heterocycles. The van der Waals surface area contributed by atoms with Crippen molar-refractivity contribution in [3.8, 4) is 0 Å². The highest BCUT2D eigenvalue weighted by atomic mass is 127. The number of guanidine groups is 1. The Kier molecular flexibility index (Phi) is 7.94. The van der Waals surface area contributed by atoms with Crippen LogP contribution in [0.3, 0.4) is 0 Å². The van der Waals surface area contributed by atoms with Crippen LogP contribution in [0.15, 0.2) is 34.8 Å². The van der Waals surface area contributed by atoms with E-state index in [2.05, 4.69) is 20.6 Å². The number of aromatic nitrogens is 1. The maximum atomic E-state index is 12.5. The first-order valence-electron chi connectivity index (χ1n) is 6.89. The summed E-state index contributed by atoms with van der Waals surface area (Å²) >= 11 is 1.56. The molecule has 1 heterocycles. The zero-order valence-electron chi connectivity index (χ0n) is 13.1. The average molecular weight is 470 g/mol. The van der Waals surface area contributed by atoms with Crippen molar-refractivity contribution in [3.05, 3.63) is 51.5 Å². The third-order valence-corrected chi connectivity index (χ3v) is 4.16. The summed E-state index contributed by atoms with van der Waals surface area (Å²) in [6.45, 7) is 2.93. The first kappa shape index (κ1) is 20.7. The number of alkyl halides is 3. The molecule has 0 aliphatic rings. The second-order valence-corrected chi connectivity index (χ2v) is 5.77. The Balaban J connectivity index is 0.00000288. The number of nitrogens with one attached hydrogen (secondary N) is 2. The zero-order chi connectivity index (χ0) is 16.9. The van der Waals surface area contributed by atoms with Gasteiger partial charge in [-0.2, -0.15) is 13.2 Å². The molecule has 0 fully saturated rings. The molecule has 0 unspecified atom stereocenters. The average Bonchev–Trinajstić information content (AvgIpc) is 2.92. The number of rotatable bonds is 4. The van der Waals surface area contributed by atoms with Crippen LogP contribution in [0.25, 0.3) is 0 Å². The molecule has 9 heteroatoms. The Morgan fingerprint density at radius 2 is 1.79 bits per heavy atom. The van der Waals surface area contributed by atoms with Gasteiger partial charge in [-0.05, 0) is 24.6 Å². The lowest BCUT2D eigenvalue weighted by molar-refractivity contribution is -0.137. The number of hydrogen-bond acceptors (Lipinski definition) is 3. The Morgan fingerprint density at radius 1 is 1.17 bits per heavy atom. The SMILES string of the molecule is CN=C(NCc1ccc(C(F)(F)F)cc1)NCc1scnc1C.I. The van der Waals surface area contributed by atoms with Crippen LogP contribution in [-0.2, 0) is 19.3 Å². The second kappa shape index (κ2) is 9.21. The van der Waals surface area contributed by atoms with E-state index in [9.17, 15) is 13.2 Å². The van der Waals surface area contributed by atoms with Crippen LogP contribution in [0.5, 0.6) is 0 Å². The van der Waals surface area contributed by atoms with Crippen molar-refractivity contribution in [2.45, 2.75) is 26.2 Å². The van der Waals surface area contributed by atoms with Crippen molar-refractivity contribution in [1.29, 1.82) is 0 Å². The van der Waals surface area contributed by atoms with E-state index < -0.39 is 11.7 Å². The van der Waals surface area contributed by atoms with E-state index in [1.807, 2.05) is 6.92 Å². The van der Waals surface area contributed by atoms with Gasteiger partial charge in [-0.1, -0.05) is 12.1 Å². The second-order valence-electron chi connectivity index (χ2n) is 4.83. The molecule has 0 aliphatic heterocycles. The molecular weight excluding hydrogens is 452 g/mol. The van der Waals surface area contributed by atoms with Crippen LogP contribution in [-0.4, -0.2) is 18.0 Å². The molecule has 0 spiro atoms. The molecule has 0 amide bonds. The van der Waals surface area contributed by atoms with Crippen molar-refractivity contribution in [3.63, 3.8) is 0 Å². The van der Waals surface area contributed by atoms with Gasteiger partial charge in [0.1, 0.15) is 0 Å². The lowest BCUT2D eigenvalue weighted by Crippen LogP contribution is -2.36. The molecule has 0 aliphatic carbocycles. The van der Waals surface area contributed by atoms with E-state index in [1.54, 1.807) is 23.9 Å². The Bertz CT molecular complexity index is 668. The number of aryl methyl sites for hydroxylation is 1. The van der Waals surface area contributed by atoms with E-state index >= 15 is 0 Å². The van der Waals surface area contributed by atoms with Crippen molar-refractivity contribution >= 4 is 41.3 Å². The lowest BCUT2D eigenvalue weighted by atomic mass is 10.1. The van der Waals surface area contributed by atoms with Crippen molar-refractivity contribution in [1.82, 2.24) is 15.6 Å². The van der Waals surface area contributed by atoms with E-state index in [0.29, 0.717) is 19.0 Å². The fourth-order valence-electron chi connectivity index (χ4n) is 1.88. The van der Waals surface area contributed by atoms with Gasteiger partial charge in [0.15, 0.2) is 5.96 Å². The fraction of sp³-hybridized carbons (Fsp3) is 0.333. The van der Waals surface area contributed by atoms with Gasteiger partial charge in [0.25, 0.3) is 0 Å². The fourth-order valence-corrected chi connectivity index (χ4v) is 2.59. The van der Waals surface area contributed by atoms with Crippen LogP contribution >= 0.6 is 35.3 Å². The van der Waals surface area contributed by atoms with Gasteiger partial charge in [0.05, 0.1) is 23.3 Å². The van der Waals surface area contributed by atoms with E-state index in [4.69, 9.17) is 0 Å². The summed E-state index contributed by atoms with van der Waals surface area (Å²) in [6.07, 6.45) is -4.31. The zero-order valence-corrected chi connectivity index (χ0v) is 16.3.